The maximum atomic E-state index is 6.30. The Morgan fingerprint density at radius 2 is 1.58 bits per heavy atom. The first-order valence-electron chi connectivity index (χ1n) is 8.85. The van der Waals surface area contributed by atoms with E-state index in [0.717, 1.165) is 17.0 Å². The van der Waals surface area contributed by atoms with Crippen molar-refractivity contribution in [1.82, 2.24) is 0 Å². The van der Waals surface area contributed by atoms with Crippen molar-refractivity contribution in [3.8, 4) is 5.75 Å². The number of anilines is 1. The molecule has 2 aromatic rings. The van der Waals surface area contributed by atoms with Crippen LogP contribution >= 0.6 is 12.2 Å². The topological polar surface area (TPSA) is 30.5 Å². The molecule has 0 heterocycles. The van der Waals surface area contributed by atoms with Gasteiger partial charge in [0.25, 0.3) is 5.17 Å². The molecule has 3 nitrogen and oxygen atoms in total. The minimum absolute atomic E-state index is 0.183. The first kappa shape index (κ1) is 20.5. The average molecular weight is 388 g/mol. The highest BCUT2D eigenvalue weighted by atomic mass is 32.1. The summed E-state index contributed by atoms with van der Waals surface area (Å²) in [7, 11) is -1.81. The van der Waals surface area contributed by atoms with Gasteiger partial charge in [-0.1, -0.05) is 50.6 Å². The van der Waals surface area contributed by atoms with Crippen LogP contribution in [0.1, 0.15) is 31.9 Å². The summed E-state index contributed by atoms with van der Waals surface area (Å²) in [4.78, 5) is 0. The van der Waals surface area contributed by atoms with Gasteiger partial charge < -0.3 is 14.5 Å². The molecule has 0 aliphatic heterocycles. The number of hydrogen-bond acceptors (Lipinski definition) is 3. The molecule has 2 rings (SSSR count). The van der Waals surface area contributed by atoms with Crippen molar-refractivity contribution in [3.63, 3.8) is 0 Å². The lowest BCUT2D eigenvalue weighted by atomic mass is 10.2. The molecule has 2 aromatic carbocycles. The third kappa shape index (κ3) is 5.85. The molecule has 1 N–H and O–H groups in total. The molecule has 0 bridgehead atoms. The Morgan fingerprint density at radius 3 is 2.12 bits per heavy atom. The third-order valence-electron chi connectivity index (χ3n) is 4.77. The number of nitrogens with one attached hydrogen (secondary N) is 1. The molecule has 0 aromatic heterocycles. The summed E-state index contributed by atoms with van der Waals surface area (Å²) in [5.74, 6) is 0.917. The molecule has 26 heavy (non-hydrogen) atoms. The molecule has 0 unspecified atom stereocenters. The van der Waals surface area contributed by atoms with Crippen LogP contribution < -0.4 is 9.74 Å². The van der Waals surface area contributed by atoms with Crippen LogP contribution in [0, 0.1) is 6.92 Å². The molecule has 0 spiro atoms. The third-order valence-corrected chi connectivity index (χ3v) is 9.35. The van der Waals surface area contributed by atoms with Crippen LogP contribution in [0.3, 0.4) is 0 Å². The van der Waals surface area contributed by atoms with E-state index in [9.17, 15) is 0 Å². The highest BCUT2D eigenvalue weighted by Gasteiger charge is 2.38. The monoisotopic (exact) mass is 387 g/mol. The molecule has 140 valence electrons. The zero-order chi connectivity index (χ0) is 19.4. The lowest BCUT2D eigenvalue weighted by Gasteiger charge is -2.36. The van der Waals surface area contributed by atoms with Gasteiger partial charge in [0.05, 0.1) is 0 Å². The van der Waals surface area contributed by atoms with E-state index in [2.05, 4.69) is 46.1 Å². The number of aryl methyl sites for hydroxylation is 1. The van der Waals surface area contributed by atoms with Crippen molar-refractivity contribution >= 4 is 31.4 Å². The van der Waals surface area contributed by atoms with Gasteiger partial charge in [0.15, 0.2) is 0 Å². The fourth-order valence-electron chi connectivity index (χ4n) is 2.04. The molecular formula is C21H29NO2SSi. The van der Waals surface area contributed by atoms with Gasteiger partial charge in [-0.3, -0.25) is 0 Å². The van der Waals surface area contributed by atoms with E-state index in [1.807, 2.05) is 48.5 Å². The van der Waals surface area contributed by atoms with Gasteiger partial charge >= 0.3 is 0 Å². The number of benzene rings is 2. The van der Waals surface area contributed by atoms with Gasteiger partial charge in [-0.15, -0.1) is 0 Å². The lowest BCUT2D eigenvalue weighted by Crippen LogP contribution is -2.43. The fourth-order valence-corrected chi connectivity index (χ4v) is 3.25. The molecule has 5 heteroatoms. The summed E-state index contributed by atoms with van der Waals surface area (Å²) in [6.07, 6.45) is 0. The predicted molar refractivity (Wildman–Crippen MR) is 116 cm³/mol. The van der Waals surface area contributed by atoms with Crippen LogP contribution in [0.5, 0.6) is 5.75 Å². The minimum Gasteiger partial charge on any atom is -0.544 e. The van der Waals surface area contributed by atoms with Crippen LogP contribution in [-0.2, 0) is 11.3 Å². The SMILES string of the molecule is Cc1ccc(NC(=S)OCc2ccc(O[Si](C)(C)C(C)(C)C)cc2)cc1. The largest absolute Gasteiger partial charge is 0.544 e. The minimum atomic E-state index is -1.81. The van der Waals surface area contributed by atoms with E-state index in [-0.39, 0.29) is 5.04 Å². The van der Waals surface area contributed by atoms with Crippen LogP contribution in [0.25, 0.3) is 0 Å². The summed E-state index contributed by atoms with van der Waals surface area (Å²) in [6.45, 7) is 13.7. The summed E-state index contributed by atoms with van der Waals surface area (Å²) < 4.78 is 11.9. The Bertz CT molecular complexity index is 734. The predicted octanol–water partition coefficient (Wildman–Crippen LogP) is 6.29. The normalized spacial score (nSPS) is 11.8. The van der Waals surface area contributed by atoms with Crippen molar-refractivity contribution in [1.29, 1.82) is 0 Å². The van der Waals surface area contributed by atoms with Gasteiger partial charge in [0.2, 0.25) is 8.32 Å². The van der Waals surface area contributed by atoms with Gasteiger partial charge in [0.1, 0.15) is 12.4 Å². The van der Waals surface area contributed by atoms with E-state index in [1.54, 1.807) is 0 Å². The number of thiocarbonyl (C=S) groups is 1. The maximum absolute atomic E-state index is 6.30. The van der Waals surface area contributed by atoms with Gasteiger partial charge in [-0.2, -0.15) is 0 Å². The molecule has 0 saturated carbocycles. The lowest BCUT2D eigenvalue weighted by molar-refractivity contribution is 0.300. The maximum Gasteiger partial charge on any atom is 0.261 e. The second kappa shape index (κ2) is 8.23. The molecule has 0 amide bonds. The molecular weight excluding hydrogens is 358 g/mol. The summed E-state index contributed by atoms with van der Waals surface area (Å²) >= 11 is 5.25. The van der Waals surface area contributed by atoms with Crippen molar-refractivity contribution in [2.24, 2.45) is 0 Å². The van der Waals surface area contributed by atoms with E-state index in [1.165, 1.54) is 5.56 Å². The van der Waals surface area contributed by atoms with Crippen molar-refractivity contribution in [3.05, 3.63) is 59.7 Å². The Balaban J connectivity index is 1.87. The zero-order valence-electron chi connectivity index (χ0n) is 16.6. The highest BCUT2D eigenvalue weighted by molar-refractivity contribution is 7.80. The summed E-state index contributed by atoms with van der Waals surface area (Å²) in [6, 6.07) is 16.1. The number of rotatable bonds is 5. The molecule has 0 fully saturated rings. The second-order valence-electron chi connectivity index (χ2n) is 8.07. The highest BCUT2D eigenvalue weighted by Crippen LogP contribution is 2.37. The Labute approximate surface area is 163 Å². The smallest absolute Gasteiger partial charge is 0.261 e. The van der Waals surface area contributed by atoms with Crippen molar-refractivity contribution < 1.29 is 9.16 Å². The van der Waals surface area contributed by atoms with E-state index < -0.39 is 8.32 Å². The van der Waals surface area contributed by atoms with E-state index in [4.69, 9.17) is 21.4 Å². The first-order valence-corrected chi connectivity index (χ1v) is 12.2. The quantitative estimate of drug-likeness (QED) is 0.482. The zero-order valence-corrected chi connectivity index (χ0v) is 18.4. The average Bonchev–Trinajstić information content (AvgIpc) is 2.55. The molecule has 0 radical (unpaired) electrons. The standard InChI is InChI=1S/C21H29NO2SSi/c1-16-7-11-18(12-8-16)22-20(25)23-15-17-9-13-19(14-10-17)24-26(5,6)21(2,3)4/h7-14H,15H2,1-6H3,(H,22,25). The van der Waals surface area contributed by atoms with Gasteiger partial charge in [0, 0.05) is 5.69 Å². The van der Waals surface area contributed by atoms with Crippen LogP contribution in [-0.4, -0.2) is 13.5 Å². The van der Waals surface area contributed by atoms with Crippen LogP contribution in [0.15, 0.2) is 48.5 Å². The molecule has 0 aliphatic carbocycles. The molecule has 0 atom stereocenters. The molecule has 0 saturated heterocycles. The fraction of sp³-hybridized carbons (Fsp3) is 0.381. The second-order valence-corrected chi connectivity index (χ2v) is 13.2. The van der Waals surface area contributed by atoms with E-state index in [0.29, 0.717) is 11.8 Å². The number of ether oxygens (including phenoxy) is 1. The Kier molecular flexibility index (Phi) is 6.47. The van der Waals surface area contributed by atoms with Crippen LogP contribution in [0.2, 0.25) is 18.1 Å². The van der Waals surface area contributed by atoms with E-state index >= 15 is 0 Å². The Hall–Kier alpha value is -1.85. The van der Waals surface area contributed by atoms with Gasteiger partial charge in [-0.05, 0) is 67.1 Å². The summed E-state index contributed by atoms with van der Waals surface area (Å²) in [5.41, 5.74) is 3.20. The van der Waals surface area contributed by atoms with Crippen molar-refractivity contribution in [2.45, 2.75) is 52.4 Å². The summed E-state index contributed by atoms with van der Waals surface area (Å²) in [5, 5.41) is 3.64. The van der Waals surface area contributed by atoms with Gasteiger partial charge in [-0.25, -0.2) is 0 Å². The Morgan fingerprint density at radius 1 is 1.00 bits per heavy atom. The van der Waals surface area contributed by atoms with Crippen molar-refractivity contribution in [2.75, 3.05) is 5.32 Å². The number of hydrogen-bond donors (Lipinski definition) is 1. The first-order chi connectivity index (χ1) is 12.1. The van der Waals surface area contributed by atoms with Crippen LogP contribution in [0.4, 0.5) is 5.69 Å². The molecule has 0 aliphatic rings.